The van der Waals surface area contributed by atoms with Crippen LogP contribution in [-0.2, 0) is 0 Å². The first kappa shape index (κ1) is 12.5. The maximum absolute atomic E-state index is 12.1. The van der Waals surface area contributed by atoms with Crippen LogP contribution < -0.4 is 5.32 Å². The summed E-state index contributed by atoms with van der Waals surface area (Å²) in [5.74, 6) is 0.755. The van der Waals surface area contributed by atoms with Gasteiger partial charge in [-0.05, 0) is 30.5 Å². The molecule has 0 saturated heterocycles. The number of hydrogen-bond donors (Lipinski definition) is 1. The lowest BCUT2D eigenvalue weighted by atomic mass is 10.2. The molecular formula is C13H10N4O2S. The van der Waals surface area contributed by atoms with Gasteiger partial charge >= 0.3 is 0 Å². The van der Waals surface area contributed by atoms with Crippen molar-refractivity contribution in [2.24, 2.45) is 0 Å². The number of hydrogen-bond acceptors (Lipinski definition) is 6. The molecule has 0 aliphatic rings. The minimum atomic E-state index is -0.205. The van der Waals surface area contributed by atoms with Crippen LogP contribution in [0.1, 0.15) is 16.2 Å². The van der Waals surface area contributed by atoms with Gasteiger partial charge in [-0.3, -0.25) is 9.78 Å². The summed E-state index contributed by atoms with van der Waals surface area (Å²) in [5, 5.41) is 8.44. The average molecular weight is 286 g/mol. The standard InChI is InChI=1S/C13H10N4O2S/c1-8-15-13(19-17-8)11-10(4-7-20-11)16-12(18)9-2-5-14-6-3-9/h2-7H,1H3,(H,16,18). The van der Waals surface area contributed by atoms with E-state index in [0.717, 1.165) is 4.88 Å². The third-order valence-corrected chi connectivity index (χ3v) is 3.48. The monoisotopic (exact) mass is 286 g/mol. The van der Waals surface area contributed by atoms with E-state index in [1.54, 1.807) is 37.5 Å². The van der Waals surface area contributed by atoms with E-state index in [-0.39, 0.29) is 5.91 Å². The van der Waals surface area contributed by atoms with Crippen molar-refractivity contribution in [1.29, 1.82) is 0 Å². The van der Waals surface area contributed by atoms with E-state index in [9.17, 15) is 4.79 Å². The van der Waals surface area contributed by atoms with Crippen molar-refractivity contribution < 1.29 is 9.32 Å². The lowest BCUT2D eigenvalue weighted by molar-refractivity contribution is 0.102. The van der Waals surface area contributed by atoms with Crippen molar-refractivity contribution in [3.8, 4) is 10.8 Å². The molecule has 3 aromatic rings. The van der Waals surface area contributed by atoms with Gasteiger partial charge in [-0.25, -0.2) is 0 Å². The Hall–Kier alpha value is -2.54. The molecule has 100 valence electrons. The Balaban J connectivity index is 1.86. The molecule has 0 atom stereocenters. The van der Waals surface area contributed by atoms with Gasteiger partial charge in [0.1, 0.15) is 4.88 Å². The quantitative estimate of drug-likeness (QED) is 0.800. The molecule has 1 N–H and O–H groups in total. The third-order valence-electron chi connectivity index (χ3n) is 2.58. The molecule has 0 bridgehead atoms. The summed E-state index contributed by atoms with van der Waals surface area (Å²) in [6, 6.07) is 5.11. The Kier molecular flexibility index (Phi) is 3.26. The molecular weight excluding hydrogens is 276 g/mol. The molecule has 3 rings (SSSR count). The van der Waals surface area contributed by atoms with Gasteiger partial charge in [0.05, 0.1) is 5.69 Å². The normalized spacial score (nSPS) is 10.4. The highest BCUT2D eigenvalue weighted by atomic mass is 32.1. The maximum atomic E-state index is 12.1. The molecule has 0 radical (unpaired) electrons. The molecule has 0 aliphatic heterocycles. The van der Waals surface area contributed by atoms with Gasteiger partial charge in [-0.1, -0.05) is 5.16 Å². The zero-order valence-corrected chi connectivity index (χ0v) is 11.3. The second-order valence-electron chi connectivity index (χ2n) is 4.00. The van der Waals surface area contributed by atoms with E-state index in [2.05, 4.69) is 20.4 Å². The van der Waals surface area contributed by atoms with Crippen LogP contribution in [0.5, 0.6) is 0 Å². The van der Waals surface area contributed by atoms with Gasteiger partial charge in [0.15, 0.2) is 5.82 Å². The third kappa shape index (κ3) is 2.43. The molecule has 0 aromatic carbocycles. The zero-order valence-electron chi connectivity index (χ0n) is 10.5. The predicted octanol–water partition coefficient (Wildman–Crippen LogP) is 2.75. The minimum Gasteiger partial charge on any atom is -0.333 e. The molecule has 3 heterocycles. The van der Waals surface area contributed by atoms with Crippen LogP contribution in [0.4, 0.5) is 5.69 Å². The molecule has 3 aromatic heterocycles. The molecule has 0 saturated carbocycles. The summed E-state index contributed by atoms with van der Waals surface area (Å²) in [6.07, 6.45) is 3.15. The van der Waals surface area contributed by atoms with E-state index in [4.69, 9.17) is 4.52 Å². The topological polar surface area (TPSA) is 80.9 Å². The Morgan fingerprint density at radius 1 is 1.30 bits per heavy atom. The number of aromatic nitrogens is 3. The molecule has 0 spiro atoms. The van der Waals surface area contributed by atoms with Crippen molar-refractivity contribution in [1.82, 2.24) is 15.1 Å². The van der Waals surface area contributed by atoms with E-state index >= 15 is 0 Å². The first-order valence-corrected chi connectivity index (χ1v) is 6.71. The SMILES string of the molecule is Cc1noc(-c2sccc2NC(=O)c2ccncc2)n1. The molecule has 0 unspecified atom stereocenters. The van der Waals surface area contributed by atoms with E-state index in [1.165, 1.54) is 11.3 Å². The molecule has 0 aliphatic carbocycles. The van der Waals surface area contributed by atoms with Crippen LogP contribution in [-0.4, -0.2) is 21.0 Å². The van der Waals surface area contributed by atoms with Crippen LogP contribution in [0.15, 0.2) is 40.5 Å². The first-order valence-electron chi connectivity index (χ1n) is 5.83. The number of aryl methyl sites for hydroxylation is 1. The maximum Gasteiger partial charge on any atom is 0.270 e. The van der Waals surface area contributed by atoms with Crippen LogP contribution in [0.3, 0.4) is 0 Å². The summed E-state index contributed by atoms with van der Waals surface area (Å²) < 4.78 is 5.12. The number of thiophene rings is 1. The molecule has 7 heteroatoms. The highest BCUT2D eigenvalue weighted by molar-refractivity contribution is 7.14. The van der Waals surface area contributed by atoms with Crippen molar-refractivity contribution >= 4 is 22.9 Å². The number of carbonyl (C=O) groups excluding carboxylic acids is 1. The summed E-state index contributed by atoms with van der Waals surface area (Å²) in [5.41, 5.74) is 1.19. The number of nitrogens with one attached hydrogen (secondary N) is 1. The summed E-state index contributed by atoms with van der Waals surface area (Å²) in [4.78, 5) is 20.9. The largest absolute Gasteiger partial charge is 0.333 e. The van der Waals surface area contributed by atoms with Crippen LogP contribution in [0.2, 0.25) is 0 Å². The highest BCUT2D eigenvalue weighted by Gasteiger charge is 2.15. The molecule has 6 nitrogen and oxygen atoms in total. The Morgan fingerprint density at radius 3 is 2.80 bits per heavy atom. The van der Waals surface area contributed by atoms with E-state index < -0.39 is 0 Å². The molecule has 0 fully saturated rings. The van der Waals surface area contributed by atoms with Gasteiger partial charge in [0, 0.05) is 18.0 Å². The molecule has 1 amide bonds. The van der Waals surface area contributed by atoms with Crippen LogP contribution in [0, 0.1) is 6.92 Å². The zero-order chi connectivity index (χ0) is 13.9. The second kappa shape index (κ2) is 5.22. The van der Waals surface area contributed by atoms with Crippen molar-refractivity contribution in [2.75, 3.05) is 5.32 Å². The van der Waals surface area contributed by atoms with Crippen LogP contribution in [0.25, 0.3) is 10.8 Å². The second-order valence-corrected chi connectivity index (χ2v) is 4.92. The highest BCUT2D eigenvalue weighted by Crippen LogP contribution is 2.32. The van der Waals surface area contributed by atoms with Crippen molar-refractivity contribution in [3.05, 3.63) is 47.4 Å². The number of pyridine rings is 1. The van der Waals surface area contributed by atoms with E-state index in [0.29, 0.717) is 23.0 Å². The number of anilines is 1. The first-order chi connectivity index (χ1) is 9.74. The fraction of sp³-hybridized carbons (Fsp3) is 0.0769. The van der Waals surface area contributed by atoms with Crippen molar-refractivity contribution in [3.63, 3.8) is 0 Å². The number of rotatable bonds is 3. The van der Waals surface area contributed by atoms with Gasteiger partial charge in [0.25, 0.3) is 11.8 Å². The Morgan fingerprint density at radius 2 is 2.10 bits per heavy atom. The van der Waals surface area contributed by atoms with Crippen LogP contribution >= 0.6 is 11.3 Å². The minimum absolute atomic E-state index is 0.205. The summed E-state index contributed by atoms with van der Waals surface area (Å²) in [7, 11) is 0. The average Bonchev–Trinajstić information content (AvgIpc) is 3.08. The lowest BCUT2D eigenvalue weighted by Crippen LogP contribution is -2.11. The lowest BCUT2D eigenvalue weighted by Gasteiger charge is -2.04. The van der Waals surface area contributed by atoms with Gasteiger partial charge in [-0.2, -0.15) is 4.98 Å². The fourth-order valence-electron chi connectivity index (χ4n) is 1.66. The fourth-order valence-corrected chi connectivity index (χ4v) is 2.43. The van der Waals surface area contributed by atoms with E-state index in [1.807, 2.05) is 5.38 Å². The summed E-state index contributed by atoms with van der Waals surface area (Å²) in [6.45, 7) is 1.75. The number of carbonyl (C=O) groups is 1. The molecule has 20 heavy (non-hydrogen) atoms. The summed E-state index contributed by atoms with van der Waals surface area (Å²) >= 11 is 1.43. The van der Waals surface area contributed by atoms with Gasteiger partial charge in [0.2, 0.25) is 0 Å². The number of amides is 1. The Labute approximate surface area is 118 Å². The number of nitrogens with zero attached hydrogens (tertiary/aromatic N) is 3. The van der Waals surface area contributed by atoms with Gasteiger partial charge < -0.3 is 9.84 Å². The van der Waals surface area contributed by atoms with Crippen molar-refractivity contribution in [2.45, 2.75) is 6.92 Å². The Bertz CT molecular complexity index is 736. The van der Waals surface area contributed by atoms with Gasteiger partial charge in [-0.15, -0.1) is 11.3 Å². The smallest absolute Gasteiger partial charge is 0.270 e. The predicted molar refractivity (Wildman–Crippen MR) is 74.5 cm³/mol.